The summed E-state index contributed by atoms with van der Waals surface area (Å²) in [6.07, 6.45) is 2.41. The molecule has 0 unspecified atom stereocenters. The molecule has 162 valence electrons. The molecule has 10 nitrogen and oxygen atoms in total. The smallest absolute Gasteiger partial charge is 0.294 e. The van der Waals surface area contributed by atoms with Gasteiger partial charge in [0, 0.05) is 11.8 Å². The number of rotatable bonds is 9. The van der Waals surface area contributed by atoms with E-state index in [1.54, 1.807) is 18.2 Å². The Bertz CT molecular complexity index is 1230. The molecule has 0 bridgehead atoms. The molecule has 31 heavy (non-hydrogen) atoms. The van der Waals surface area contributed by atoms with E-state index in [1.165, 1.54) is 6.20 Å². The molecule has 0 aliphatic rings. The standard InChI is InChI=1S/C17H14Cl2N6O4S2/c1-31(26,27)25-16-21-4-2-12(22-16)9-29-17-24-23-15(30-17)10-6-11(8-20)14(13(19)7-10)28-5-3-18/h2,4,6-7H,3,5,9H2,1H3,(H,21,22,25). The number of sulfonamides is 1. The van der Waals surface area contributed by atoms with Crippen molar-refractivity contribution in [3.63, 3.8) is 0 Å². The van der Waals surface area contributed by atoms with Crippen molar-refractivity contribution in [1.82, 2.24) is 20.2 Å². The van der Waals surface area contributed by atoms with Crippen molar-refractivity contribution in [3.05, 3.63) is 40.7 Å². The number of aromatic nitrogens is 4. The van der Waals surface area contributed by atoms with E-state index in [0.717, 1.165) is 17.6 Å². The third kappa shape index (κ3) is 6.38. The lowest BCUT2D eigenvalue weighted by molar-refractivity contribution is 0.297. The quantitative estimate of drug-likeness (QED) is 0.438. The molecule has 1 N–H and O–H groups in total. The summed E-state index contributed by atoms with van der Waals surface area (Å²) in [5, 5.41) is 18.4. The van der Waals surface area contributed by atoms with Gasteiger partial charge in [-0.3, -0.25) is 4.72 Å². The average molecular weight is 501 g/mol. The van der Waals surface area contributed by atoms with Gasteiger partial charge in [0.1, 0.15) is 19.3 Å². The molecule has 0 spiro atoms. The van der Waals surface area contributed by atoms with Gasteiger partial charge in [0.2, 0.25) is 16.0 Å². The van der Waals surface area contributed by atoms with Crippen LogP contribution in [-0.4, -0.2) is 47.3 Å². The van der Waals surface area contributed by atoms with Gasteiger partial charge in [-0.2, -0.15) is 5.26 Å². The van der Waals surface area contributed by atoms with Gasteiger partial charge in [0.25, 0.3) is 5.19 Å². The largest absolute Gasteiger partial charge is 0.489 e. The second-order valence-electron chi connectivity index (χ2n) is 5.89. The molecule has 0 saturated heterocycles. The topological polar surface area (TPSA) is 140 Å². The molecule has 14 heteroatoms. The van der Waals surface area contributed by atoms with E-state index in [4.69, 9.17) is 32.7 Å². The van der Waals surface area contributed by atoms with E-state index in [1.807, 2.05) is 6.07 Å². The fraction of sp³-hybridized carbons (Fsp3) is 0.235. The molecule has 3 aromatic rings. The summed E-state index contributed by atoms with van der Waals surface area (Å²) in [4.78, 5) is 7.89. The maximum atomic E-state index is 11.3. The lowest BCUT2D eigenvalue weighted by Crippen LogP contribution is -2.13. The number of ether oxygens (including phenoxy) is 2. The van der Waals surface area contributed by atoms with Crippen LogP contribution in [0.5, 0.6) is 10.9 Å². The van der Waals surface area contributed by atoms with Crippen LogP contribution in [0.15, 0.2) is 24.4 Å². The number of alkyl halides is 1. The molecule has 0 fully saturated rings. The highest BCUT2D eigenvalue weighted by molar-refractivity contribution is 7.91. The third-order valence-electron chi connectivity index (χ3n) is 3.47. The van der Waals surface area contributed by atoms with Gasteiger partial charge in [0.15, 0.2) is 10.8 Å². The minimum atomic E-state index is -3.49. The Morgan fingerprint density at radius 1 is 1.29 bits per heavy atom. The molecule has 2 aromatic heterocycles. The Balaban J connectivity index is 1.73. The van der Waals surface area contributed by atoms with Crippen LogP contribution < -0.4 is 14.2 Å². The highest BCUT2D eigenvalue weighted by atomic mass is 35.5. The van der Waals surface area contributed by atoms with Gasteiger partial charge in [-0.05, 0) is 18.2 Å². The van der Waals surface area contributed by atoms with Gasteiger partial charge < -0.3 is 9.47 Å². The summed E-state index contributed by atoms with van der Waals surface area (Å²) in [6, 6.07) is 6.82. The normalized spacial score (nSPS) is 11.0. The van der Waals surface area contributed by atoms with Crippen molar-refractivity contribution in [1.29, 1.82) is 5.26 Å². The maximum absolute atomic E-state index is 11.3. The summed E-state index contributed by atoms with van der Waals surface area (Å²) in [5.41, 5.74) is 1.26. The Morgan fingerprint density at radius 2 is 2.10 bits per heavy atom. The van der Waals surface area contributed by atoms with Crippen LogP contribution in [0, 0.1) is 11.3 Å². The SMILES string of the molecule is CS(=O)(=O)Nc1nccc(COc2nnc(-c3cc(Cl)c(OCCCl)c(C#N)c3)s2)n1. The summed E-state index contributed by atoms with van der Waals surface area (Å²) >= 11 is 13.0. The van der Waals surface area contributed by atoms with Crippen molar-refractivity contribution < 1.29 is 17.9 Å². The van der Waals surface area contributed by atoms with E-state index >= 15 is 0 Å². The first-order valence-corrected chi connectivity index (χ1v) is 12.1. The highest BCUT2D eigenvalue weighted by Crippen LogP contribution is 2.36. The lowest BCUT2D eigenvalue weighted by Gasteiger charge is -2.09. The fourth-order valence-electron chi connectivity index (χ4n) is 2.30. The number of benzene rings is 1. The maximum Gasteiger partial charge on any atom is 0.294 e. The second kappa shape index (κ2) is 10.1. The molecule has 0 radical (unpaired) electrons. The first kappa shape index (κ1) is 23.0. The molecule has 0 saturated carbocycles. The van der Waals surface area contributed by atoms with Crippen LogP contribution >= 0.6 is 34.5 Å². The predicted molar refractivity (Wildman–Crippen MR) is 116 cm³/mol. The average Bonchev–Trinajstić information content (AvgIpc) is 3.19. The monoisotopic (exact) mass is 500 g/mol. The molecular formula is C17H14Cl2N6O4S2. The molecule has 0 aliphatic carbocycles. The Kier molecular flexibility index (Phi) is 7.45. The van der Waals surface area contributed by atoms with Crippen molar-refractivity contribution in [3.8, 4) is 27.6 Å². The van der Waals surface area contributed by atoms with Crippen LogP contribution in [0.4, 0.5) is 5.95 Å². The summed E-state index contributed by atoms with van der Waals surface area (Å²) in [5.74, 6) is 0.464. The first-order valence-electron chi connectivity index (χ1n) is 8.48. The molecule has 3 rings (SSSR count). The van der Waals surface area contributed by atoms with Crippen molar-refractivity contribution in [2.75, 3.05) is 23.5 Å². The van der Waals surface area contributed by atoms with Crippen LogP contribution in [0.25, 0.3) is 10.6 Å². The summed E-state index contributed by atoms with van der Waals surface area (Å²) in [7, 11) is -3.49. The third-order valence-corrected chi connectivity index (χ3v) is 5.35. The zero-order valence-corrected chi connectivity index (χ0v) is 19.0. The van der Waals surface area contributed by atoms with Gasteiger partial charge in [-0.1, -0.05) is 28.0 Å². The van der Waals surface area contributed by atoms with Gasteiger partial charge >= 0.3 is 0 Å². The Hall–Kier alpha value is -2.72. The number of anilines is 1. The van der Waals surface area contributed by atoms with Crippen molar-refractivity contribution in [2.45, 2.75) is 6.61 Å². The Labute approximate surface area is 191 Å². The zero-order valence-electron chi connectivity index (χ0n) is 15.9. The van der Waals surface area contributed by atoms with Gasteiger partial charge in [-0.15, -0.1) is 16.7 Å². The summed E-state index contributed by atoms with van der Waals surface area (Å²) < 4.78 is 35.8. The molecule has 0 aliphatic heterocycles. The zero-order chi connectivity index (χ0) is 22.4. The number of hydrogen-bond acceptors (Lipinski definition) is 10. The van der Waals surface area contributed by atoms with E-state index in [0.29, 0.717) is 16.3 Å². The fourth-order valence-corrected chi connectivity index (χ4v) is 3.76. The van der Waals surface area contributed by atoms with Crippen LogP contribution in [0.2, 0.25) is 5.02 Å². The second-order valence-corrected chi connectivity index (χ2v) is 9.37. The molecule has 0 amide bonds. The van der Waals surface area contributed by atoms with E-state index in [2.05, 4.69) is 24.9 Å². The highest BCUT2D eigenvalue weighted by Gasteiger charge is 2.16. The van der Waals surface area contributed by atoms with Crippen LogP contribution in [0.3, 0.4) is 0 Å². The van der Waals surface area contributed by atoms with Gasteiger partial charge in [0.05, 0.1) is 28.4 Å². The number of halogens is 2. The van der Waals surface area contributed by atoms with E-state index < -0.39 is 10.0 Å². The molecule has 0 atom stereocenters. The number of nitrogens with one attached hydrogen (secondary N) is 1. The van der Waals surface area contributed by atoms with E-state index in [9.17, 15) is 13.7 Å². The Morgan fingerprint density at radius 3 is 2.81 bits per heavy atom. The predicted octanol–water partition coefficient (Wildman–Crippen LogP) is 3.09. The number of nitrogens with zero attached hydrogens (tertiary/aromatic N) is 5. The first-order chi connectivity index (χ1) is 14.8. The number of hydrogen-bond donors (Lipinski definition) is 1. The lowest BCUT2D eigenvalue weighted by atomic mass is 10.1. The molecular weight excluding hydrogens is 487 g/mol. The van der Waals surface area contributed by atoms with Crippen molar-refractivity contribution in [2.24, 2.45) is 0 Å². The molecule has 2 heterocycles. The van der Waals surface area contributed by atoms with Crippen LogP contribution in [0.1, 0.15) is 11.3 Å². The minimum Gasteiger partial charge on any atom is -0.489 e. The molecule has 1 aromatic carbocycles. The number of nitriles is 1. The van der Waals surface area contributed by atoms with Crippen LogP contribution in [-0.2, 0) is 16.6 Å². The minimum absolute atomic E-state index is 0.0189. The summed E-state index contributed by atoms with van der Waals surface area (Å²) in [6.45, 7) is 0.238. The van der Waals surface area contributed by atoms with Gasteiger partial charge in [-0.25, -0.2) is 18.4 Å². The van der Waals surface area contributed by atoms with Crippen molar-refractivity contribution >= 4 is 50.5 Å². The van der Waals surface area contributed by atoms with E-state index in [-0.39, 0.29) is 46.6 Å².